The fraction of sp³-hybridized carbons (Fsp3) is 0.167. The standard InChI is InChI=1S/C18H18N4O/c1-3-16-14(12-20-22(16)17-10-6-7-11-19-17)18(23)21-15-9-5-4-8-13(15)2/h4-12H,3H2,1-2H3,(H,21,23). The minimum atomic E-state index is -0.154. The number of para-hydroxylation sites is 1. The largest absolute Gasteiger partial charge is 0.322 e. The first kappa shape index (κ1) is 15.0. The van der Waals surface area contributed by atoms with Crippen LogP contribution in [0, 0.1) is 6.92 Å². The molecule has 2 aromatic heterocycles. The van der Waals surface area contributed by atoms with Gasteiger partial charge in [0.1, 0.15) is 0 Å². The summed E-state index contributed by atoms with van der Waals surface area (Å²) >= 11 is 0. The monoisotopic (exact) mass is 306 g/mol. The normalized spacial score (nSPS) is 10.5. The number of hydrogen-bond acceptors (Lipinski definition) is 3. The van der Waals surface area contributed by atoms with Crippen LogP contribution in [0.4, 0.5) is 5.69 Å². The quantitative estimate of drug-likeness (QED) is 0.803. The number of carbonyl (C=O) groups excluding carboxylic acids is 1. The Balaban J connectivity index is 1.93. The van der Waals surface area contributed by atoms with Crippen molar-refractivity contribution in [3.63, 3.8) is 0 Å². The third kappa shape index (κ3) is 2.99. The lowest BCUT2D eigenvalue weighted by molar-refractivity contribution is 0.102. The Kier molecular flexibility index (Phi) is 4.19. The van der Waals surface area contributed by atoms with Gasteiger partial charge in [-0.3, -0.25) is 4.79 Å². The summed E-state index contributed by atoms with van der Waals surface area (Å²) < 4.78 is 1.72. The molecule has 0 aliphatic carbocycles. The van der Waals surface area contributed by atoms with E-state index < -0.39 is 0 Å². The maximum absolute atomic E-state index is 12.6. The van der Waals surface area contributed by atoms with Gasteiger partial charge in [-0.25, -0.2) is 9.67 Å². The smallest absolute Gasteiger partial charge is 0.259 e. The Morgan fingerprint density at radius 1 is 1.17 bits per heavy atom. The summed E-state index contributed by atoms with van der Waals surface area (Å²) in [5.74, 6) is 0.553. The van der Waals surface area contributed by atoms with Crippen molar-refractivity contribution in [3.05, 3.63) is 71.7 Å². The molecule has 1 amide bonds. The summed E-state index contributed by atoms with van der Waals surface area (Å²) in [7, 11) is 0. The van der Waals surface area contributed by atoms with Crippen molar-refractivity contribution in [2.45, 2.75) is 20.3 Å². The second-order valence-corrected chi connectivity index (χ2v) is 5.23. The number of hydrogen-bond donors (Lipinski definition) is 1. The SMILES string of the molecule is CCc1c(C(=O)Nc2ccccc2C)cnn1-c1ccccn1. The molecule has 0 saturated carbocycles. The minimum absolute atomic E-state index is 0.154. The molecule has 5 heteroatoms. The first-order valence-corrected chi connectivity index (χ1v) is 7.56. The van der Waals surface area contributed by atoms with Crippen molar-refractivity contribution in [1.82, 2.24) is 14.8 Å². The van der Waals surface area contributed by atoms with Crippen LogP contribution in [0.1, 0.15) is 28.5 Å². The number of carbonyl (C=O) groups is 1. The van der Waals surface area contributed by atoms with Crippen LogP contribution in [0.2, 0.25) is 0 Å². The van der Waals surface area contributed by atoms with E-state index in [2.05, 4.69) is 15.4 Å². The molecule has 0 aliphatic heterocycles. The zero-order valence-electron chi connectivity index (χ0n) is 13.2. The minimum Gasteiger partial charge on any atom is -0.322 e. The second-order valence-electron chi connectivity index (χ2n) is 5.23. The van der Waals surface area contributed by atoms with Crippen molar-refractivity contribution in [2.75, 3.05) is 5.32 Å². The molecule has 1 aromatic carbocycles. The molecule has 3 aromatic rings. The highest BCUT2D eigenvalue weighted by molar-refractivity contribution is 6.05. The van der Waals surface area contributed by atoms with Gasteiger partial charge in [0, 0.05) is 11.9 Å². The van der Waals surface area contributed by atoms with Crippen LogP contribution in [0.3, 0.4) is 0 Å². The highest BCUT2D eigenvalue weighted by Crippen LogP contribution is 2.18. The van der Waals surface area contributed by atoms with Crippen LogP contribution in [0.25, 0.3) is 5.82 Å². The highest BCUT2D eigenvalue weighted by atomic mass is 16.1. The van der Waals surface area contributed by atoms with Crippen LogP contribution in [0.15, 0.2) is 54.9 Å². The van der Waals surface area contributed by atoms with Crippen molar-refractivity contribution in [2.24, 2.45) is 0 Å². The van der Waals surface area contributed by atoms with Crippen molar-refractivity contribution < 1.29 is 4.79 Å². The van der Waals surface area contributed by atoms with Gasteiger partial charge >= 0.3 is 0 Å². The molecular formula is C18H18N4O. The van der Waals surface area contributed by atoms with E-state index in [-0.39, 0.29) is 5.91 Å². The van der Waals surface area contributed by atoms with Gasteiger partial charge in [-0.15, -0.1) is 0 Å². The van der Waals surface area contributed by atoms with Gasteiger partial charge in [0.2, 0.25) is 0 Å². The van der Waals surface area contributed by atoms with E-state index in [0.717, 1.165) is 16.9 Å². The first-order valence-electron chi connectivity index (χ1n) is 7.56. The molecule has 5 nitrogen and oxygen atoms in total. The summed E-state index contributed by atoms with van der Waals surface area (Å²) in [5, 5.41) is 7.29. The molecule has 2 heterocycles. The number of amides is 1. The van der Waals surface area contributed by atoms with Crippen molar-refractivity contribution in [1.29, 1.82) is 0 Å². The summed E-state index contributed by atoms with van der Waals surface area (Å²) in [6.07, 6.45) is 4.00. The van der Waals surface area contributed by atoms with Crippen LogP contribution in [-0.2, 0) is 6.42 Å². The fourth-order valence-electron chi connectivity index (χ4n) is 2.48. The van der Waals surface area contributed by atoms with E-state index >= 15 is 0 Å². The zero-order valence-corrected chi connectivity index (χ0v) is 13.2. The number of anilines is 1. The lowest BCUT2D eigenvalue weighted by atomic mass is 10.1. The number of aromatic nitrogens is 3. The fourth-order valence-corrected chi connectivity index (χ4v) is 2.48. The first-order chi connectivity index (χ1) is 11.2. The van der Waals surface area contributed by atoms with Gasteiger partial charge in [0.25, 0.3) is 5.91 Å². The Bertz CT molecular complexity index is 824. The Labute approximate surface area is 135 Å². The van der Waals surface area contributed by atoms with E-state index in [9.17, 15) is 4.79 Å². The third-order valence-corrected chi connectivity index (χ3v) is 3.71. The van der Waals surface area contributed by atoms with Gasteiger partial charge < -0.3 is 5.32 Å². The maximum atomic E-state index is 12.6. The molecule has 0 saturated heterocycles. The summed E-state index contributed by atoms with van der Waals surface area (Å²) in [6, 6.07) is 13.3. The maximum Gasteiger partial charge on any atom is 0.259 e. The van der Waals surface area contributed by atoms with Crippen LogP contribution in [0.5, 0.6) is 0 Å². The number of nitrogens with zero attached hydrogens (tertiary/aromatic N) is 3. The molecule has 1 N–H and O–H groups in total. The lowest BCUT2D eigenvalue weighted by Gasteiger charge is -2.09. The molecule has 0 atom stereocenters. The third-order valence-electron chi connectivity index (χ3n) is 3.71. The Morgan fingerprint density at radius 3 is 2.65 bits per heavy atom. The van der Waals surface area contributed by atoms with Crippen molar-refractivity contribution in [3.8, 4) is 5.82 Å². The molecule has 0 unspecified atom stereocenters. The zero-order chi connectivity index (χ0) is 16.2. The molecule has 0 radical (unpaired) electrons. The molecule has 3 rings (SSSR count). The van der Waals surface area contributed by atoms with Gasteiger partial charge in [-0.2, -0.15) is 5.10 Å². The molecule has 0 bridgehead atoms. The van der Waals surface area contributed by atoms with Gasteiger partial charge in [-0.05, 0) is 37.1 Å². The Hall–Kier alpha value is -2.95. The van der Waals surface area contributed by atoms with E-state index in [1.807, 2.05) is 56.3 Å². The van der Waals surface area contributed by atoms with Crippen LogP contribution < -0.4 is 5.32 Å². The second kappa shape index (κ2) is 6.44. The highest BCUT2D eigenvalue weighted by Gasteiger charge is 2.18. The van der Waals surface area contributed by atoms with Crippen molar-refractivity contribution >= 4 is 11.6 Å². The molecule has 0 spiro atoms. The van der Waals surface area contributed by atoms with Gasteiger partial charge in [0.15, 0.2) is 5.82 Å². The molecule has 23 heavy (non-hydrogen) atoms. The average molecular weight is 306 g/mol. The number of nitrogens with one attached hydrogen (secondary N) is 1. The summed E-state index contributed by atoms with van der Waals surface area (Å²) in [5.41, 5.74) is 3.25. The number of rotatable bonds is 4. The lowest BCUT2D eigenvalue weighted by Crippen LogP contribution is -2.15. The summed E-state index contributed by atoms with van der Waals surface area (Å²) in [4.78, 5) is 16.9. The average Bonchev–Trinajstić information content (AvgIpc) is 3.02. The number of aryl methyl sites for hydroxylation is 1. The molecule has 116 valence electrons. The van der Waals surface area contributed by atoms with Gasteiger partial charge in [-0.1, -0.05) is 31.2 Å². The predicted molar refractivity (Wildman–Crippen MR) is 89.9 cm³/mol. The van der Waals surface area contributed by atoms with E-state index in [1.54, 1.807) is 17.1 Å². The molecule has 0 fully saturated rings. The van der Waals surface area contributed by atoms with Gasteiger partial charge in [0.05, 0.1) is 17.5 Å². The predicted octanol–water partition coefficient (Wildman–Crippen LogP) is 3.39. The van der Waals surface area contributed by atoms with Crippen LogP contribution >= 0.6 is 0 Å². The molecule has 0 aliphatic rings. The number of benzene rings is 1. The Morgan fingerprint density at radius 2 is 1.96 bits per heavy atom. The molecular weight excluding hydrogens is 288 g/mol. The van der Waals surface area contributed by atoms with E-state index in [4.69, 9.17) is 0 Å². The summed E-state index contributed by atoms with van der Waals surface area (Å²) in [6.45, 7) is 3.97. The van der Waals surface area contributed by atoms with Crippen LogP contribution in [-0.4, -0.2) is 20.7 Å². The van der Waals surface area contributed by atoms with E-state index in [0.29, 0.717) is 17.8 Å². The topological polar surface area (TPSA) is 59.8 Å². The number of pyridine rings is 1. The van der Waals surface area contributed by atoms with E-state index in [1.165, 1.54) is 0 Å².